The van der Waals surface area contributed by atoms with E-state index in [2.05, 4.69) is 15.6 Å². The number of rotatable bonds is 9. The lowest BCUT2D eigenvalue weighted by molar-refractivity contribution is 0.206. The molecule has 1 aromatic heterocycles. The van der Waals surface area contributed by atoms with Gasteiger partial charge in [-0.2, -0.15) is 0 Å². The molecule has 1 aliphatic rings. The fourth-order valence-electron chi connectivity index (χ4n) is 3.29. The molecule has 0 saturated heterocycles. The molecule has 3 N–H and O–H groups in total. The second-order valence-corrected chi connectivity index (χ2v) is 12.1. The average molecular weight is 578 g/mol. The van der Waals surface area contributed by atoms with E-state index >= 15 is 0 Å². The Kier molecular flexibility index (Phi) is 12.2. The topological polar surface area (TPSA) is 108 Å². The van der Waals surface area contributed by atoms with E-state index in [1.807, 2.05) is 13.8 Å². The molecule has 0 aliphatic heterocycles. The van der Waals surface area contributed by atoms with Gasteiger partial charge in [0.15, 0.2) is 15.8 Å². The molecule has 1 saturated carbocycles. The van der Waals surface area contributed by atoms with Gasteiger partial charge in [0, 0.05) is 34.4 Å². The van der Waals surface area contributed by atoms with Gasteiger partial charge < -0.3 is 15.7 Å². The normalized spacial score (nSPS) is 22.4. The van der Waals surface area contributed by atoms with Crippen molar-refractivity contribution >= 4 is 61.9 Å². The van der Waals surface area contributed by atoms with Crippen molar-refractivity contribution in [1.29, 1.82) is 0 Å². The van der Waals surface area contributed by atoms with Crippen LogP contribution < -0.4 is 10.6 Å². The number of aliphatic hydroxyl groups is 1. The predicted octanol–water partition coefficient (Wildman–Crippen LogP) is 2.14. The van der Waals surface area contributed by atoms with E-state index in [4.69, 9.17) is 0 Å². The summed E-state index contributed by atoms with van der Waals surface area (Å²) >= 11 is 1.15. The Labute approximate surface area is 197 Å². The third-order valence-electron chi connectivity index (χ3n) is 4.64. The van der Waals surface area contributed by atoms with Crippen molar-refractivity contribution in [2.24, 2.45) is 4.99 Å². The minimum atomic E-state index is -3.50. The SMILES string of the molecule is CCNC(=NCC(O)CS(=O)(=O)c1cccs1)NC1CCCC(S(=O)CC)C1.I. The minimum Gasteiger partial charge on any atom is -0.390 e. The van der Waals surface area contributed by atoms with Crippen molar-refractivity contribution in [1.82, 2.24) is 10.6 Å². The van der Waals surface area contributed by atoms with Gasteiger partial charge in [0.1, 0.15) is 4.21 Å². The first-order chi connectivity index (χ1) is 13.4. The largest absolute Gasteiger partial charge is 0.390 e. The van der Waals surface area contributed by atoms with Crippen molar-refractivity contribution in [3.05, 3.63) is 17.5 Å². The number of aliphatic hydroxyl groups excluding tert-OH is 1. The van der Waals surface area contributed by atoms with Gasteiger partial charge in [-0.25, -0.2) is 8.42 Å². The smallest absolute Gasteiger partial charge is 0.191 e. The van der Waals surface area contributed by atoms with E-state index < -0.39 is 26.7 Å². The number of nitrogens with zero attached hydrogens (tertiary/aromatic N) is 1. The van der Waals surface area contributed by atoms with Crippen LogP contribution in [0.1, 0.15) is 39.5 Å². The van der Waals surface area contributed by atoms with E-state index in [1.54, 1.807) is 17.5 Å². The van der Waals surface area contributed by atoms with Crippen LogP contribution in [-0.4, -0.2) is 65.7 Å². The van der Waals surface area contributed by atoms with Crippen LogP contribution in [0.5, 0.6) is 0 Å². The minimum absolute atomic E-state index is 0. The Morgan fingerprint density at radius 3 is 2.79 bits per heavy atom. The summed E-state index contributed by atoms with van der Waals surface area (Å²) in [7, 11) is -4.29. The lowest BCUT2D eigenvalue weighted by atomic mass is 9.95. The summed E-state index contributed by atoms with van der Waals surface area (Å²) in [5, 5.41) is 18.6. The van der Waals surface area contributed by atoms with Crippen LogP contribution in [0.25, 0.3) is 0 Å². The first kappa shape index (κ1) is 26.8. The van der Waals surface area contributed by atoms with Gasteiger partial charge in [-0.15, -0.1) is 35.3 Å². The fourth-order valence-corrected chi connectivity index (χ4v) is 7.10. The van der Waals surface area contributed by atoms with Crippen LogP contribution in [0.3, 0.4) is 0 Å². The molecule has 1 aromatic rings. The number of aliphatic imine (C=N–C) groups is 1. The maximum atomic E-state index is 12.3. The molecule has 0 radical (unpaired) electrons. The van der Waals surface area contributed by atoms with Crippen LogP contribution in [0, 0.1) is 0 Å². The van der Waals surface area contributed by atoms with Crippen molar-refractivity contribution < 1.29 is 17.7 Å². The van der Waals surface area contributed by atoms with E-state index in [0.717, 1.165) is 37.0 Å². The van der Waals surface area contributed by atoms with Crippen LogP contribution >= 0.6 is 35.3 Å². The monoisotopic (exact) mass is 577 g/mol. The van der Waals surface area contributed by atoms with E-state index in [1.165, 1.54) is 0 Å². The highest BCUT2D eigenvalue weighted by Crippen LogP contribution is 2.23. The van der Waals surface area contributed by atoms with Crippen molar-refractivity contribution in [2.45, 2.75) is 61.1 Å². The molecule has 0 bridgehead atoms. The van der Waals surface area contributed by atoms with Crippen LogP contribution in [0.15, 0.2) is 26.7 Å². The summed E-state index contributed by atoms with van der Waals surface area (Å²) in [5.74, 6) is 0.886. The van der Waals surface area contributed by atoms with Gasteiger partial charge in [0.2, 0.25) is 0 Å². The number of sulfone groups is 1. The molecule has 11 heteroatoms. The maximum absolute atomic E-state index is 12.3. The molecule has 7 nitrogen and oxygen atoms in total. The summed E-state index contributed by atoms with van der Waals surface area (Å²) < 4.78 is 36.9. The molecule has 0 spiro atoms. The van der Waals surface area contributed by atoms with Crippen molar-refractivity contribution in [2.75, 3.05) is 24.6 Å². The lowest BCUT2D eigenvalue weighted by Gasteiger charge is -2.30. The second-order valence-electron chi connectivity index (χ2n) is 6.89. The zero-order valence-electron chi connectivity index (χ0n) is 16.9. The predicted molar refractivity (Wildman–Crippen MR) is 132 cm³/mol. The van der Waals surface area contributed by atoms with Gasteiger partial charge in [0.05, 0.1) is 18.4 Å². The Morgan fingerprint density at radius 1 is 1.41 bits per heavy atom. The van der Waals surface area contributed by atoms with E-state index in [9.17, 15) is 17.7 Å². The Bertz CT molecular complexity index is 756. The quantitative estimate of drug-likeness (QED) is 0.236. The third-order valence-corrected chi connectivity index (χ3v) is 9.67. The van der Waals surface area contributed by atoms with E-state index in [0.29, 0.717) is 18.3 Å². The zero-order valence-corrected chi connectivity index (χ0v) is 21.7. The highest BCUT2D eigenvalue weighted by atomic mass is 127. The zero-order chi connectivity index (χ0) is 20.6. The van der Waals surface area contributed by atoms with Crippen molar-refractivity contribution in [3.63, 3.8) is 0 Å². The molecular weight excluding hydrogens is 545 g/mol. The third kappa shape index (κ3) is 8.80. The van der Waals surface area contributed by atoms with Crippen LogP contribution in [0.2, 0.25) is 0 Å². The van der Waals surface area contributed by atoms with Gasteiger partial charge in [-0.3, -0.25) is 9.20 Å². The second kappa shape index (κ2) is 13.2. The summed E-state index contributed by atoms with van der Waals surface area (Å²) in [5.41, 5.74) is 0. The van der Waals surface area contributed by atoms with Gasteiger partial charge in [0.25, 0.3) is 0 Å². The van der Waals surface area contributed by atoms with E-state index in [-0.39, 0.29) is 51.8 Å². The summed E-state index contributed by atoms with van der Waals surface area (Å²) in [6.45, 7) is 4.55. The number of nitrogens with one attached hydrogen (secondary N) is 2. The van der Waals surface area contributed by atoms with Crippen LogP contribution in [-0.2, 0) is 20.6 Å². The molecule has 29 heavy (non-hydrogen) atoms. The molecular formula is C18H32IN3O4S3. The molecule has 1 aliphatic carbocycles. The number of guanidine groups is 1. The summed E-state index contributed by atoms with van der Waals surface area (Å²) in [6.07, 6.45) is 2.76. The number of thiophene rings is 1. The number of hydrogen-bond acceptors (Lipinski definition) is 6. The average Bonchev–Trinajstić information content (AvgIpc) is 3.21. The maximum Gasteiger partial charge on any atom is 0.191 e. The van der Waals surface area contributed by atoms with Gasteiger partial charge in [-0.05, 0) is 37.6 Å². The van der Waals surface area contributed by atoms with Gasteiger partial charge in [-0.1, -0.05) is 19.4 Å². The molecule has 4 atom stereocenters. The lowest BCUT2D eigenvalue weighted by Crippen LogP contribution is -2.47. The van der Waals surface area contributed by atoms with Crippen molar-refractivity contribution in [3.8, 4) is 0 Å². The van der Waals surface area contributed by atoms with Crippen LogP contribution in [0.4, 0.5) is 0 Å². The number of halogens is 1. The van der Waals surface area contributed by atoms with Gasteiger partial charge >= 0.3 is 0 Å². The molecule has 0 amide bonds. The summed E-state index contributed by atoms with van der Waals surface area (Å²) in [6, 6.07) is 3.40. The standard InChI is InChI=1S/C18H31N3O4S3.HI/c1-3-19-18(21-14-7-5-8-16(11-14)27(23)4-2)20-12-15(22)13-28(24,25)17-9-6-10-26-17;/h6,9-10,14-16,22H,3-5,7-8,11-13H2,1-2H3,(H2,19,20,21);1H. The first-order valence-corrected chi connectivity index (χ1v) is 13.6. The Morgan fingerprint density at radius 2 is 2.17 bits per heavy atom. The Balaban J connectivity index is 0.00000420. The highest BCUT2D eigenvalue weighted by molar-refractivity contribution is 14.0. The molecule has 168 valence electrons. The Hall–Kier alpha value is -0.240. The molecule has 0 aromatic carbocycles. The molecule has 1 fully saturated rings. The highest BCUT2D eigenvalue weighted by Gasteiger charge is 2.26. The first-order valence-electron chi connectivity index (χ1n) is 9.72. The summed E-state index contributed by atoms with van der Waals surface area (Å²) in [4.78, 5) is 4.37. The number of hydrogen-bond donors (Lipinski definition) is 3. The molecule has 1 heterocycles. The molecule has 4 unspecified atom stereocenters. The molecule has 2 rings (SSSR count). The fraction of sp³-hybridized carbons (Fsp3) is 0.722.